The minimum absolute atomic E-state index is 0.0583. The Labute approximate surface area is 137 Å². The molecule has 2 aromatic heterocycles. The van der Waals surface area contributed by atoms with Gasteiger partial charge in [0, 0.05) is 25.3 Å². The molecule has 6 nitrogen and oxygen atoms in total. The molecule has 7 heteroatoms. The standard InChI is InChI=1S/C17H16FN3O3/c18-12-3-4-13(19-9-12)8-15(22)20-10-17(11-20)5-6-21(17)16(23)14-2-1-7-24-14/h1-4,7,9H,5-6,8,10-11H2. The van der Waals surface area contributed by atoms with E-state index in [0.717, 1.165) is 12.6 Å². The summed E-state index contributed by atoms with van der Waals surface area (Å²) < 4.78 is 18.0. The van der Waals surface area contributed by atoms with Gasteiger partial charge in [-0.25, -0.2) is 4.39 Å². The molecule has 2 saturated heterocycles. The van der Waals surface area contributed by atoms with E-state index in [9.17, 15) is 14.0 Å². The Kier molecular flexibility index (Phi) is 3.37. The Bertz CT molecular complexity index is 767. The maximum absolute atomic E-state index is 12.8. The number of pyridine rings is 1. The first-order valence-corrected chi connectivity index (χ1v) is 7.81. The summed E-state index contributed by atoms with van der Waals surface area (Å²) in [5.74, 6) is -0.277. The number of halogens is 1. The van der Waals surface area contributed by atoms with Gasteiger partial charge in [-0.3, -0.25) is 14.6 Å². The zero-order chi connectivity index (χ0) is 16.7. The average Bonchev–Trinajstić information content (AvgIpc) is 3.01. The molecule has 0 atom stereocenters. The third-order valence-electron chi connectivity index (χ3n) is 4.79. The van der Waals surface area contributed by atoms with E-state index >= 15 is 0 Å². The highest BCUT2D eigenvalue weighted by molar-refractivity contribution is 5.93. The van der Waals surface area contributed by atoms with E-state index in [2.05, 4.69) is 4.98 Å². The molecular weight excluding hydrogens is 313 g/mol. The van der Waals surface area contributed by atoms with Crippen LogP contribution in [0, 0.1) is 5.82 Å². The lowest BCUT2D eigenvalue weighted by Gasteiger charge is -2.62. The minimum Gasteiger partial charge on any atom is -0.459 e. The molecule has 0 N–H and O–H groups in total. The highest BCUT2D eigenvalue weighted by atomic mass is 19.1. The molecule has 0 unspecified atom stereocenters. The lowest BCUT2D eigenvalue weighted by atomic mass is 9.77. The van der Waals surface area contributed by atoms with E-state index in [4.69, 9.17) is 4.42 Å². The number of nitrogens with zero attached hydrogens (tertiary/aromatic N) is 3. The second kappa shape index (κ2) is 5.43. The molecule has 0 saturated carbocycles. The van der Waals surface area contributed by atoms with E-state index < -0.39 is 5.82 Å². The predicted octanol–water partition coefficient (Wildman–Crippen LogP) is 1.48. The van der Waals surface area contributed by atoms with Crippen molar-refractivity contribution in [2.75, 3.05) is 19.6 Å². The van der Waals surface area contributed by atoms with E-state index in [1.807, 2.05) is 0 Å². The molecule has 24 heavy (non-hydrogen) atoms. The summed E-state index contributed by atoms with van der Waals surface area (Å²) in [5.41, 5.74) is 0.287. The number of carbonyl (C=O) groups is 2. The van der Waals surface area contributed by atoms with Crippen LogP contribution in [0.3, 0.4) is 0 Å². The fraction of sp³-hybridized carbons (Fsp3) is 0.353. The minimum atomic E-state index is -0.421. The van der Waals surface area contributed by atoms with Crippen LogP contribution in [0.1, 0.15) is 22.7 Å². The first-order chi connectivity index (χ1) is 11.6. The largest absolute Gasteiger partial charge is 0.459 e. The van der Waals surface area contributed by atoms with Crippen LogP contribution in [0.5, 0.6) is 0 Å². The molecule has 0 aromatic carbocycles. The normalized spacial score (nSPS) is 18.2. The zero-order valence-electron chi connectivity index (χ0n) is 12.9. The van der Waals surface area contributed by atoms with E-state index in [1.54, 1.807) is 21.9 Å². The van der Waals surface area contributed by atoms with Gasteiger partial charge in [-0.2, -0.15) is 0 Å². The monoisotopic (exact) mass is 329 g/mol. The van der Waals surface area contributed by atoms with Gasteiger partial charge in [0.05, 0.1) is 24.4 Å². The summed E-state index contributed by atoms with van der Waals surface area (Å²) in [6.07, 6.45) is 3.61. The van der Waals surface area contributed by atoms with Crippen molar-refractivity contribution in [3.8, 4) is 0 Å². The first-order valence-electron chi connectivity index (χ1n) is 7.81. The van der Waals surface area contributed by atoms with Crippen molar-refractivity contribution >= 4 is 11.8 Å². The Morgan fingerprint density at radius 1 is 1.29 bits per heavy atom. The van der Waals surface area contributed by atoms with Crippen LogP contribution in [0.4, 0.5) is 4.39 Å². The Balaban J connectivity index is 1.36. The van der Waals surface area contributed by atoms with Gasteiger partial charge in [0.15, 0.2) is 5.76 Å². The van der Waals surface area contributed by atoms with Crippen LogP contribution in [0.15, 0.2) is 41.1 Å². The number of carbonyl (C=O) groups excluding carboxylic acids is 2. The molecule has 124 valence electrons. The molecule has 0 bridgehead atoms. The van der Waals surface area contributed by atoms with Crippen molar-refractivity contribution in [3.63, 3.8) is 0 Å². The van der Waals surface area contributed by atoms with Crippen LogP contribution < -0.4 is 0 Å². The summed E-state index contributed by atoms with van der Waals surface area (Å²) in [7, 11) is 0. The van der Waals surface area contributed by atoms with Crippen LogP contribution in [0.25, 0.3) is 0 Å². The van der Waals surface area contributed by atoms with Crippen molar-refractivity contribution in [3.05, 3.63) is 54.0 Å². The van der Waals surface area contributed by atoms with Crippen LogP contribution in [-0.2, 0) is 11.2 Å². The van der Waals surface area contributed by atoms with Gasteiger partial charge < -0.3 is 14.2 Å². The fourth-order valence-electron chi connectivity index (χ4n) is 3.34. The Morgan fingerprint density at radius 2 is 2.12 bits per heavy atom. The van der Waals surface area contributed by atoms with Crippen LogP contribution in [0.2, 0.25) is 0 Å². The predicted molar refractivity (Wildman–Crippen MR) is 81.6 cm³/mol. The summed E-state index contributed by atoms with van der Waals surface area (Å²) in [5, 5.41) is 0. The van der Waals surface area contributed by atoms with E-state index in [0.29, 0.717) is 31.1 Å². The van der Waals surface area contributed by atoms with Gasteiger partial charge >= 0.3 is 0 Å². The summed E-state index contributed by atoms with van der Waals surface area (Å²) in [6.45, 7) is 1.74. The topological polar surface area (TPSA) is 66.7 Å². The Hall–Kier alpha value is -2.70. The maximum atomic E-state index is 12.8. The van der Waals surface area contributed by atoms with E-state index in [1.165, 1.54) is 18.4 Å². The van der Waals surface area contributed by atoms with Crippen molar-refractivity contribution < 1.29 is 18.4 Å². The van der Waals surface area contributed by atoms with E-state index in [-0.39, 0.29) is 23.8 Å². The summed E-state index contributed by atoms with van der Waals surface area (Å²) in [4.78, 5) is 32.1. The van der Waals surface area contributed by atoms with Gasteiger partial charge in [0.25, 0.3) is 5.91 Å². The maximum Gasteiger partial charge on any atom is 0.290 e. The van der Waals surface area contributed by atoms with Gasteiger partial charge in [-0.05, 0) is 30.7 Å². The fourth-order valence-corrected chi connectivity index (χ4v) is 3.34. The number of rotatable bonds is 3. The first kappa shape index (κ1) is 14.9. The SMILES string of the molecule is O=C(Cc1ccc(F)cn1)N1CC2(CCN2C(=O)c2ccco2)C1. The molecule has 2 aromatic rings. The summed E-state index contributed by atoms with van der Waals surface area (Å²) in [6, 6.07) is 6.14. The number of furan rings is 1. The third-order valence-corrected chi connectivity index (χ3v) is 4.79. The molecular formula is C17H16FN3O3. The number of amides is 2. The number of hydrogen-bond donors (Lipinski definition) is 0. The Morgan fingerprint density at radius 3 is 2.71 bits per heavy atom. The smallest absolute Gasteiger partial charge is 0.290 e. The van der Waals surface area contributed by atoms with Crippen LogP contribution >= 0.6 is 0 Å². The lowest BCUT2D eigenvalue weighted by Crippen LogP contribution is -2.78. The van der Waals surface area contributed by atoms with Gasteiger partial charge in [-0.15, -0.1) is 0 Å². The number of likely N-dealkylation sites (tertiary alicyclic amines) is 2. The van der Waals surface area contributed by atoms with Gasteiger partial charge in [-0.1, -0.05) is 0 Å². The number of aromatic nitrogens is 1. The second-order valence-electron chi connectivity index (χ2n) is 6.30. The molecule has 4 rings (SSSR count). The number of hydrogen-bond acceptors (Lipinski definition) is 4. The third kappa shape index (κ3) is 2.36. The molecule has 2 aliphatic rings. The molecule has 2 amide bonds. The van der Waals surface area contributed by atoms with Crippen molar-refractivity contribution in [1.82, 2.24) is 14.8 Å². The molecule has 2 aliphatic heterocycles. The molecule has 0 radical (unpaired) electrons. The average molecular weight is 329 g/mol. The van der Waals surface area contributed by atoms with Crippen molar-refractivity contribution in [2.45, 2.75) is 18.4 Å². The molecule has 4 heterocycles. The van der Waals surface area contributed by atoms with Crippen molar-refractivity contribution in [1.29, 1.82) is 0 Å². The second-order valence-corrected chi connectivity index (χ2v) is 6.30. The lowest BCUT2D eigenvalue weighted by molar-refractivity contribution is -0.153. The molecule has 1 spiro atoms. The van der Waals surface area contributed by atoms with Crippen LogP contribution in [-0.4, -0.2) is 51.8 Å². The highest BCUT2D eigenvalue weighted by Crippen LogP contribution is 2.40. The van der Waals surface area contributed by atoms with Gasteiger partial charge in [0.2, 0.25) is 5.91 Å². The highest BCUT2D eigenvalue weighted by Gasteiger charge is 2.56. The quantitative estimate of drug-likeness (QED) is 0.855. The van der Waals surface area contributed by atoms with Crippen molar-refractivity contribution in [2.24, 2.45) is 0 Å². The zero-order valence-corrected chi connectivity index (χ0v) is 12.9. The molecule has 0 aliphatic carbocycles. The molecule has 2 fully saturated rings. The van der Waals surface area contributed by atoms with Gasteiger partial charge in [0.1, 0.15) is 5.82 Å². The summed E-state index contributed by atoms with van der Waals surface area (Å²) >= 11 is 0.